The average molecular weight is 823 g/mol. The SMILES string of the molecule is Nc1ccccc1NC(=O)CCCC(=O)NCc1cccc(-c2ccc(C3OC(CN4CCC5(CC4)C(=O)NCN5c4ccccc4)CC(c4ccc(CO)cc4)O3)cc2)c1. The van der Waals surface area contributed by atoms with Gasteiger partial charge in [0.15, 0.2) is 6.29 Å². The lowest BCUT2D eigenvalue weighted by Gasteiger charge is -2.45. The summed E-state index contributed by atoms with van der Waals surface area (Å²) in [6.45, 7) is 3.14. The van der Waals surface area contributed by atoms with Gasteiger partial charge in [-0.05, 0) is 77.4 Å². The van der Waals surface area contributed by atoms with Gasteiger partial charge in [-0.25, -0.2) is 0 Å². The third-order valence-electron chi connectivity index (χ3n) is 12.1. The molecule has 3 saturated heterocycles. The van der Waals surface area contributed by atoms with Crippen molar-refractivity contribution in [3.63, 3.8) is 0 Å². The monoisotopic (exact) mass is 822 g/mol. The van der Waals surface area contributed by atoms with Gasteiger partial charge in [0.25, 0.3) is 0 Å². The molecule has 3 heterocycles. The van der Waals surface area contributed by atoms with Crippen LogP contribution in [0.2, 0.25) is 0 Å². The van der Waals surface area contributed by atoms with Crippen LogP contribution >= 0.6 is 0 Å². The van der Waals surface area contributed by atoms with E-state index in [1.807, 2.05) is 78.9 Å². The Morgan fingerprint density at radius 1 is 0.787 bits per heavy atom. The number of hydrogen-bond donors (Lipinski definition) is 5. The number of nitrogens with two attached hydrogens (primary N) is 1. The Hall–Kier alpha value is -6.05. The average Bonchev–Trinajstić information content (AvgIpc) is 3.61. The lowest BCUT2D eigenvalue weighted by Crippen LogP contribution is -2.57. The second-order valence-corrected chi connectivity index (χ2v) is 16.2. The number of carbonyl (C=O) groups is 3. The highest BCUT2D eigenvalue weighted by Crippen LogP contribution is 2.40. The van der Waals surface area contributed by atoms with E-state index in [0.717, 1.165) is 65.0 Å². The fourth-order valence-electron chi connectivity index (χ4n) is 8.67. The molecule has 0 saturated carbocycles. The number of amides is 3. The summed E-state index contributed by atoms with van der Waals surface area (Å²) in [5.41, 5.74) is 13.3. The standard InChI is InChI=1S/C49H54N6O6/c50-42-12-4-5-13-43(42)53-46(58)15-7-14-45(57)51-30-35-8-6-9-39(28-35)36-20-22-38(23-21-36)47-60-41(29-44(61-47)37-18-16-34(32-56)17-19-37)31-54-26-24-49(25-27-54)48(59)52-33-55(49)40-10-2-1-3-11-40/h1-6,8-13,16-23,28,41,44,47,56H,7,14-15,24-27,29-33,50H2,(H,51,57)(H,52,59)(H,53,58). The number of para-hydroxylation sites is 3. The van der Waals surface area contributed by atoms with Gasteiger partial charge in [-0.2, -0.15) is 0 Å². The highest BCUT2D eigenvalue weighted by atomic mass is 16.7. The van der Waals surface area contributed by atoms with Crippen LogP contribution in [0.15, 0.2) is 127 Å². The van der Waals surface area contributed by atoms with Gasteiger partial charge in [-0.1, -0.05) is 97.1 Å². The van der Waals surface area contributed by atoms with Crippen molar-refractivity contribution in [2.75, 3.05) is 42.3 Å². The van der Waals surface area contributed by atoms with Crippen LogP contribution in [0.5, 0.6) is 0 Å². The number of nitrogens with one attached hydrogen (secondary N) is 3. The number of likely N-dealkylation sites (tertiary alicyclic amines) is 1. The van der Waals surface area contributed by atoms with Crippen molar-refractivity contribution in [3.8, 4) is 11.1 Å². The molecule has 8 rings (SSSR count). The van der Waals surface area contributed by atoms with Gasteiger partial charge in [-0.15, -0.1) is 0 Å². The highest BCUT2D eigenvalue weighted by Gasteiger charge is 2.50. The van der Waals surface area contributed by atoms with Gasteiger partial charge in [0.1, 0.15) is 5.54 Å². The molecule has 3 unspecified atom stereocenters. The van der Waals surface area contributed by atoms with Crippen LogP contribution in [0.1, 0.15) is 73.2 Å². The van der Waals surface area contributed by atoms with Crippen molar-refractivity contribution < 1.29 is 29.0 Å². The summed E-state index contributed by atoms with van der Waals surface area (Å²) < 4.78 is 13.4. The number of benzene rings is 5. The Bertz CT molecular complexity index is 2280. The zero-order chi connectivity index (χ0) is 42.2. The number of carbonyl (C=O) groups excluding carboxylic acids is 3. The van der Waals surface area contributed by atoms with Gasteiger partial charge in [0.05, 0.1) is 36.9 Å². The third kappa shape index (κ3) is 9.95. The van der Waals surface area contributed by atoms with E-state index in [1.165, 1.54) is 0 Å². The van der Waals surface area contributed by atoms with Crippen molar-refractivity contribution in [2.24, 2.45) is 0 Å². The number of anilines is 3. The molecule has 0 aliphatic carbocycles. The molecule has 3 atom stereocenters. The van der Waals surface area contributed by atoms with Gasteiger partial charge in [0.2, 0.25) is 17.7 Å². The predicted molar refractivity (Wildman–Crippen MR) is 236 cm³/mol. The van der Waals surface area contributed by atoms with E-state index < -0.39 is 11.8 Å². The molecule has 0 aromatic heterocycles. The Kier molecular flexibility index (Phi) is 13.1. The lowest BCUT2D eigenvalue weighted by atomic mass is 9.85. The summed E-state index contributed by atoms with van der Waals surface area (Å²) in [5, 5.41) is 18.6. The first-order valence-corrected chi connectivity index (χ1v) is 21.2. The summed E-state index contributed by atoms with van der Waals surface area (Å²) in [5.74, 6) is -0.189. The lowest BCUT2D eigenvalue weighted by molar-refractivity contribution is -0.253. The quantitative estimate of drug-likeness (QED) is 0.0758. The second-order valence-electron chi connectivity index (χ2n) is 16.2. The first kappa shape index (κ1) is 41.7. The molecule has 3 aliphatic heterocycles. The van der Waals surface area contributed by atoms with Crippen molar-refractivity contribution >= 4 is 34.8 Å². The fourth-order valence-corrected chi connectivity index (χ4v) is 8.67. The van der Waals surface area contributed by atoms with E-state index >= 15 is 0 Å². The van der Waals surface area contributed by atoms with E-state index in [9.17, 15) is 19.5 Å². The van der Waals surface area contributed by atoms with Crippen LogP contribution in [0.3, 0.4) is 0 Å². The van der Waals surface area contributed by atoms with E-state index in [4.69, 9.17) is 15.2 Å². The molecule has 3 aliphatic rings. The molecular formula is C49H54N6O6. The summed E-state index contributed by atoms with van der Waals surface area (Å²) in [7, 11) is 0. The summed E-state index contributed by atoms with van der Waals surface area (Å²) >= 11 is 0. The minimum absolute atomic E-state index is 0.0196. The van der Waals surface area contributed by atoms with Crippen molar-refractivity contribution in [2.45, 2.75) is 75.7 Å². The summed E-state index contributed by atoms with van der Waals surface area (Å²) in [6, 6.07) is 41.5. The van der Waals surface area contributed by atoms with Crippen LogP contribution in [0.4, 0.5) is 17.1 Å². The van der Waals surface area contributed by atoms with E-state index in [2.05, 4.69) is 56.1 Å². The predicted octanol–water partition coefficient (Wildman–Crippen LogP) is 6.83. The first-order valence-electron chi connectivity index (χ1n) is 21.2. The molecule has 12 nitrogen and oxygen atoms in total. The van der Waals surface area contributed by atoms with E-state index in [1.54, 1.807) is 18.2 Å². The number of hydrogen-bond acceptors (Lipinski definition) is 9. The minimum atomic E-state index is -0.593. The molecule has 5 aromatic carbocycles. The van der Waals surface area contributed by atoms with Crippen LogP contribution in [0, 0.1) is 0 Å². The van der Waals surface area contributed by atoms with E-state index in [-0.39, 0.29) is 49.4 Å². The Labute approximate surface area is 357 Å². The summed E-state index contributed by atoms with van der Waals surface area (Å²) in [4.78, 5) is 42.9. The highest BCUT2D eigenvalue weighted by molar-refractivity contribution is 5.94. The molecule has 12 heteroatoms. The minimum Gasteiger partial charge on any atom is -0.397 e. The van der Waals surface area contributed by atoms with Crippen LogP contribution < -0.4 is 26.6 Å². The van der Waals surface area contributed by atoms with E-state index in [0.29, 0.717) is 44.0 Å². The zero-order valence-corrected chi connectivity index (χ0v) is 34.3. The molecule has 61 heavy (non-hydrogen) atoms. The van der Waals surface area contributed by atoms with Crippen molar-refractivity contribution in [3.05, 3.63) is 150 Å². The number of aliphatic hydroxyl groups excluding tert-OH is 1. The van der Waals surface area contributed by atoms with Gasteiger partial charge in [-0.3, -0.25) is 14.4 Å². The topological polar surface area (TPSA) is 158 Å². The summed E-state index contributed by atoms with van der Waals surface area (Å²) in [6.07, 6.45) is 2.10. The molecule has 3 amide bonds. The van der Waals surface area contributed by atoms with Crippen molar-refractivity contribution in [1.82, 2.24) is 15.5 Å². The Morgan fingerprint density at radius 2 is 1.51 bits per heavy atom. The number of rotatable bonds is 14. The van der Waals surface area contributed by atoms with Gasteiger partial charge < -0.3 is 46.1 Å². The van der Waals surface area contributed by atoms with Crippen molar-refractivity contribution in [1.29, 1.82) is 0 Å². The normalized spacial score (nSPS) is 20.0. The fraction of sp³-hybridized carbons (Fsp3) is 0.327. The van der Waals surface area contributed by atoms with Crippen LogP contribution in [-0.4, -0.2) is 65.7 Å². The maximum absolute atomic E-state index is 13.3. The molecule has 0 bridgehead atoms. The maximum atomic E-state index is 13.3. The molecule has 6 N–H and O–H groups in total. The molecule has 1 spiro atoms. The van der Waals surface area contributed by atoms with Gasteiger partial charge >= 0.3 is 0 Å². The third-order valence-corrected chi connectivity index (χ3v) is 12.1. The Morgan fingerprint density at radius 3 is 2.26 bits per heavy atom. The number of ether oxygens (including phenoxy) is 2. The number of aliphatic hydroxyl groups is 1. The Balaban J connectivity index is 0.881. The smallest absolute Gasteiger partial charge is 0.247 e. The number of piperidine rings is 1. The number of nitrogens with zero attached hydrogens (tertiary/aromatic N) is 2. The zero-order valence-electron chi connectivity index (χ0n) is 34.3. The van der Waals surface area contributed by atoms with Gasteiger partial charge in [0, 0.05) is 56.7 Å². The molecule has 0 radical (unpaired) electrons. The second kappa shape index (κ2) is 19.1. The maximum Gasteiger partial charge on any atom is 0.247 e. The number of nitrogen functional groups attached to an aromatic ring is 1. The molecule has 5 aromatic rings. The van der Waals surface area contributed by atoms with Crippen LogP contribution in [0.25, 0.3) is 11.1 Å². The molecular weight excluding hydrogens is 769 g/mol. The van der Waals surface area contributed by atoms with Crippen LogP contribution in [-0.2, 0) is 37.0 Å². The first-order chi connectivity index (χ1) is 29.8. The molecule has 316 valence electrons. The largest absolute Gasteiger partial charge is 0.397 e. The molecule has 3 fully saturated rings.